The van der Waals surface area contributed by atoms with E-state index in [1.807, 2.05) is 43.3 Å². The van der Waals surface area contributed by atoms with Crippen LogP contribution in [0.1, 0.15) is 24.2 Å². The highest BCUT2D eigenvalue weighted by Gasteiger charge is 2.21. The molecule has 0 fully saturated rings. The summed E-state index contributed by atoms with van der Waals surface area (Å²) in [6.07, 6.45) is 0. The van der Waals surface area contributed by atoms with Crippen LogP contribution in [0.2, 0.25) is 0 Å². The number of fused-ring (bicyclic) bond motifs is 1. The van der Waals surface area contributed by atoms with E-state index in [9.17, 15) is 9.59 Å². The van der Waals surface area contributed by atoms with Crippen molar-refractivity contribution in [3.05, 3.63) is 53.8 Å². The predicted molar refractivity (Wildman–Crippen MR) is 106 cm³/mol. The molecule has 0 aliphatic rings. The number of anilines is 1. The molecule has 2 amide bonds. The lowest BCUT2D eigenvalue weighted by molar-refractivity contribution is -0.134. The Morgan fingerprint density at radius 1 is 1.18 bits per heavy atom. The van der Waals surface area contributed by atoms with E-state index < -0.39 is 0 Å². The van der Waals surface area contributed by atoms with Gasteiger partial charge in [-0.2, -0.15) is 0 Å². The second kappa shape index (κ2) is 8.12. The molecule has 2 aromatic carbocycles. The SMILES string of the molecule is COc1ccc2cc([C@H](C)C(=O)N(C)CC(=O)Nc3cc(C)on3)ccc2c1. The van der Waals surface area contributed by atoms with Crippen molar-refractivity contribution in [3.8, 4) is 5.75 Å². The van der Waals surface area contributed by atoms with Crippen LogP contribution in [0.25, 0.3) is 10.8 Å². The van der Waals surface area contributed by atoms with Crippen molar-refractivity contribution in [2.75, 3.05) is 26.0 Å². The molecule has 0 bridgehead atoms. The summed E-state index contributed by atoms with van der Waals surface area (Å²) < 4.78 is 10.2. The summed E-state index contributed by atoms with van der Waals surface area (Å²) in [5.41, 5.74) is 0.891. The molecule has 1 aromatic heterocycles. The lowest BCUT2D eigenvalue weighted by Crippen LogP contribution is -2.37. The Labute approximate surface area is 163 Å². The Hall–Kier alpha value is -3.35. The van der Waals surface area contributed by atoms with Crippen LogP contribution in [0.5, 0.6) is 5.75 Å². The van der Waals surface area contributed by atoms with Crippen LogP contribution in [0.15, 0.2) is 47.0 Å². The van der Waals surface area contributed by atoms with Crippen molar-refractivity contribution < 1.29 is 18.8 Å². The Morgan fingerprint density at radius 2 is 1.89 bits per heavy atom. The molecule has 1 heterocycles. The van der Waals surface area contributed by atoms with E-state index in [0.717, 1.165) is 22.1 Å². The van der Waals surface area contributed by atoms with Crippen LogP contribution < -0.4 is 10.1 Å². The van der Waals surface area contributed by atoms with Gasteiger partial charge in [-0.15, -0.1) is 0 Å². The zero-order valence-electron chi connectivity index (χ0n) is 16.4. The fourth-order valence-electron chi connectivity index (χ4n) is 3.01. The van der Waals surface area contributed by atoms with Crippen LogP contribution >= 0.6 is 0 Å². The van der Waals surface area contributed by atoms with Crippen LogP contribution in [-0.2, 0) is 9.59 Å². The fraction of sp³-hybridized carbons (Fsp3) is 0.286. The normalized spacial score (nSPS) is 11.9. The number of hydrogen-bond donors (Lipinski definition) is 1. The molecule has 3 aromatic rings. The summed E-state index contributed by atoms with van der Waals surface area (Å²) in [7, 11) is 3.24. The number of ether oxygens (including phenoxy) is 1. The van der Waals surface area contributed by atoms with E-state index in [1.54, 1.807) is 27.1 Å². The molecule has 0 unspecified atom stereocenters. The summed E-state index contributed by atoms with van der Waals surface area (Å²) in [4.78, 5) is 26.3. The first-order valence-corrected chi connectivity index (χ1v) is 8.93. The molecule has 1 N–H and O–H groups in total. The summed E-state index contributed by atoms with van der Waals surface area (Å²) in [6, 6.07) is 13.3. The van der Waals surface area contributed by atoms with Crippen molar-refractivity contribution in [2.45, 2.75) is 19.8 Å². The van der Waals surface area contributed by atoms with Crippen LogP contribution in [0.4, 0.5) is 5.82 Å². The first-order valence-electron chi connectivity index (χ1n) is 8.93. The number of likely N-dealkylation sites (N-methyl/N-ethyl adjacent to an activating group) is 1. The van der Waals surface area contributed by atoms with Crippen molar-refractivity contribution in [1.82, 2.24) is 10.1 Å². The summed E-state index contributed by atoms with van der Waals surface area (Å²) in [5, 5.41) is 8.39. The first kappa shape index (κ1) is 19.4. The maximum Gasteiger partial charge on any atom is 0.245 e. The third-order valence-electron chi connectivity index (χ3n) is 4.59. The van der Waals surface area contributed by atoms with Gasteiger partial charge in [-0.25, -0.2) is 0 Å². The standard InChI is InChI=1S/C21H23N3O4/c1-13-9-19(23-28-13)22-20(25)12-24(3)21(26)14(2)15-5-6-17-11-18(27-4)8-7-16(17)10-15/h5-11,14H,12H2,1-4H3,(H,22,23,25)/t14-/m0/s1. The molecule has 0 saturated heterocycles. The van der Waals surface area contributed by atoms with E-state index in [-0.39, 0.29) is 24.3 Å². The van der Waals surface area contributed by atoms with Crippen molar-refractivity contribution >= 4 is 28.4 Å². The minimum Gasteiger partial charge on any atom is -0.497 e. The number of nitrogens with zero attached hydrogens (tertiary/aromatic N) is 2. The minimum absolute atomic E-state index is 0.0696. The van der Waals surface area contributed by atoms with Crippen molar-refractivity contribution in [3.63, 3.8) is 0 Å². The highest BCUT2D eigenvalue weighted by Crippen LogP contribution is 2.26. The van der Waals surface area contributed by atoms with E-state index >= 15 is 0 Å². The quantitative estimate of drug-likeness (QED) is 0.708. The summed E-state index contributed by atoms with van der Waals surface area (Å²) in [6.45, 7) is 3.50. The summed E-state index contributed by atoms with van der Waals surface area (Å²) in [5.74, 6) is 0.876. The molecule has 0 spiro atoms. The largest absolute Gasteiger partial charge is 0.497 e. The first-order chi connectivity index (χ1) is 13.4. The monoisotopic (exact) mass is 381 g/mol. The number of benzene rings is 2. The molecular weight excluding hydrogens is 358 g/mol. The zero-order chi connectivity index (χ0) is 20.3. The lowest BCUT2D eigenvalue weighted by Gasteiger charge is -2.21. The van der Waals surface area contributed by atoms with Gasteiger partial charge in [0.05, 0.1) is 19.6 Å². The van der Waals surface area contributed by atoms with E-state index in [2.05, 4.69) is 10.5 Å². The maximum absolute atomic E-state index is 12.8. The molecule has 146 valence electrons. The molecule has 7 heteroatoms. The molecule has 0 radical (unpaired) electrons. The number of aromatic nitrogens is 1. The Balaban J connectivity index is 1.67. The average molecular weight is 381 g/mol. The van der Waals surface area contributed by atoms with Crippen molar-refractivity contribution in [1.29, 1.82) is 0 Å². The molecule has 7 nitrogen and oxygen atoms in total. The molecule has 28 heavy (non-hydrogen) atoms. The highest BCUT2D eigenvalue weighted by molar-refractivity contribution is 5.95. The van der Waals surface area contributed by atoms with Gasteiger partial charge in [0.1, 0.15) is 11.5 Å². The van der Waals surface area contributed by atoms with Gasteiger partial charge in [-0.1, -0.05) is 29.4 Å². The number of carbonyl (C=O) groups is 2. The van der Waals surface area contributed by atoms with Gasteiger partial charge >= 0.3 is 0 Å². The lowest BCUT2D eigenvalue weighted by atomic mass is 9.96. The molecule has 0 aliphatic heterocycles. The Kier molecular flexibility index (Phi) is 5.63. The van der Waals surface area contributed by atoms with Gasteiger partial charge in [0.25, 0.3) is 0 Å². The van der Waals surface area contributed by atoms with Gasteiger partial charge < -0.3 is 19.5 Å². The Bertz CT molecular complexity index is 1010. The topological polar surface area (TPSA) is 84.7 Å². The fourth-order valence-corrected chi connectivity index (χ4v) is 3.01. The maximum atomic E-state index is 12.8. The van der Waals surface area contributed by atoms with Crippen LogP contribution in [0, 0.1) is 6.92 Å². The van der Waals surface area contributed by atoms with E-state index in [0.29, 0.717) is 11.6 Å². The Morgan fingerprint density at radius 3 is 2.57 bits per heavy atom. The van der Waals surface area contributed by atoms with Crippen molar-refractivity contribution in [2.24, 2.45) is 0 Å². The van der Waals surface area contributed by atoms with Gasteiger partial charge in [0, 0.05) is 13.1 Å². The van der Waals surface area contributed by atoms with Crippen LogP contribution in [0.3, 0.4) is 0 Å². The predicted octanol–water partition coefficient (Wildman–Crippen LogP) is 3.35. The highest BCUT2D eigenvalue weighted by atomic mass is 16.5. The number of rotatable bonds is 6. The minimum atomic E-state index is -0.376. The van der Waals surface area contributed by atoms with Gasteiger partial charge in [0.15, 0.2) is 5.82 Å². The molecule has 0 saturated carbocycles. The molecule has 3 rings (SSSR count). The second-order valence-corrected chi connectivity index (χ2v) is 6.76. The third-order valence-corrected chi connectivity index (χ3v) is 4.59. The van der Waals surface area contributed by atoms with Gasteiger partial charge in [-0.05, 0) is 42.3 Å². The second-order valence-electron chi connectivity index (χ2n) is 6.76. The molecular formula is C21H23N3O4. The average Bonchev–Trinajstić information content (AvgIpc) is 3.10. The molecule has 1 atom stereocenters. The number of methoxy groups -OCH3 is 1. The number of nitrogens with one attached hydrogen (secondary N) is 1. The number of hydrogen-bond acceptors (Lipinski definition) is 5. The van der Waals surface area contributed by atoms with Crippen LogP contribution in [-0.4, -0.2) is 42.6 Å². The number of aryl methyl sites for hydroxylation is 1. The van der Waals surface area contributed by atoms with E-state index in [1.165, 1.54) is 4.90 Å². The summed E-state index contributed by atoms with van der Waals surface area (Å²) >= 11 is 0. The third kappa shape index (κ3) is 4.31. The molecule has 0 aliphatic carbocycles. The number of amides is 2. The van der Waals surface area contributed by atoms with E-state index in [4.69, 9.17) is 9.26 Å². The van der Waals surface area contributed by atoms with Gasteiger partial charge in [0.2, 0.25) is 11.8 Å². The van der Waals surface area contributed by atoms with Gasteiger partial charge in [-0.3, -0.25) is 9.59 Å². The smallest absolute Gasteiger partial charge is 0.245 e. The number of carbonyl (C=O) groups excluding carboxylic acids is 2. The zero-order valence-corrected chi connectivity index (χ0v) is 16.4.